The second kappa shape index (κ2) is 5.34. The number of rotatable bonds is 4. The summed E-state index contributed by atoms with van der Waals surface area (Å²) in [5.41, 5.74) is 7.92. The van der Waals surface area contributed by atoms with Gasteiger partial charge in [-0.15, -0.1) is 11.3 Å². The fourth-order valence-electron chi connectivity index (χ4n) is 1.86. The summed E-state index contributed by atoms with van der Waals surface area (Å²) in [4.78, 5) is 3.73. The lowest BCUT2D eigenvalue weighted by Crippen LogP contribution is -2.21. The molecule has 1 heterocycles. The monoisotopic (exact) mass is 246 g/mol. The molecule has 17 heavy (non-hydrogen) atoms. The van der Waals surface area contributed by atoms with Gasteiger partial charge in [-0.25, -0.2) is 0 Å². The summed E-state index contributed by atoms with van der Waals surface area (Å²) in [6, 6.07) is 12.8. The molecule has 0 fully saturated rings. The van der Waals surface area contributed by atoms with Crippen molar-refractivity contribution in [3.63, 3.8) is 0 Å². The molecular weight excluding hydrogens is 228 g/mol. The molecule has 0 radical (unpaired) electrons. The first-order valence-electron chi connectivity index (χ1n) is 5.75. The lowest BCUT2D eigenvalue weighted by molar-refractivity contribution is 0.255. The van der Waals surface area contributed by atoms with Crippen molar-refractivity contribution in [2.75, 3.05) is 12.8 Å². The van der Waals surface area contributed by atoms with Crippen LogP contribution in [0, 0.1) is 0 Å². The molecule has 0 aliphatic rings. The van der Waals surface area contributed by atoms with Crippen LogP contribution in [0.2, 0.25) is 0 Å². The minimum atomic E-state index is 0.376. The quantitative estimate of drug-likeness (QED) is 0.836. The number of nitrogens with zero attached hydrogens (tertiary/aromatic N) is 1. The van der Waals surface area contributed by atoms with Gasteiger partial charge in [0.15, 0.2) is 0 Å². The summed E-state index contributed by atoms with van der Waals surface area (Å²) in [5.74, 6) is 0. The first kappa shape index (κ1) is 12.1. The van der Waals surface area contributed by atoms with Crippen LogP contribution in [0.3, 0.4) is 0 Å². The van der Waals surface area contributed by atoms with Crippen LogP contribution in [0.1, 0.15) is 23.4 Å². The molecule has 0 aliphatic heterocycles. The molecule has 1 aromatic carbocycles. The van der Waals surface area contributed by atoms with Gasteiger partial charge in [-0.1, -0.05) is 18.2 Å². The first-order chi connectivity index (χ1) is 8.16. The molecule has 0 spiro atoms. The molecule has 2 nitrogen and oxygen atoms in total. The van der Waals surface area contributed by atoms with Crippen LogP contribution >= 0.6 is 11.3 Å². The Morgan fingerprint density at radius 1 is 1.29 bits per heavy atom. The molecule has 1 atom stereocenters. The number of nitrogen functional groups attached to an aromatic ring is 1. The molecular formula is C14H18N2S. The standard InChI is InChI=1S/C14H18N2S/c1-11(12-5-3-6-13(15)9-12)16(2)10-14-7-4-8-17-14/h3-9,11H,10,15H2,1-2H3. The summed E-state index contributed by atoms with van der Waals surface area (Å²) >= 11 is 1.80. The van der Waals surface area contributed by atoms with Gasteiger partial charge in [-0.05, 0) is 43.1 Å². The van der Waals surface area contributed by atoms with E-state index in [0.29, 0.717) is 6.04 Å². The average molecular weight is 246 g/mol. The zero-order chi connectivity index (χ0) is 12.3. The van der Waals surface area contributed by atoms with Crippen LogP contribution in [0.25, 0.3) is 0 Å². The maximum absolute atomic E-state index is 5.82. The van der Waals surface area contributed by atoms with Crippen LogP contribution in [0.15, 0.2) is 41.8 Å². The van der Waals surface area contributed by atoms with E-state index in [4.69, 9.17) is 5.73 Å². The second-order valence-electron chi connectivity index (χ2n) is 4.34. The SMILES string of the molecule is CC(c1cccc(N)c1)N(C)Cc1cccs1. The highest BCUT2D eigenvalue weighted by atomic mass is 32.1. The Bertz CT molecular complexity index is 465. The third-order valence-electron chi connectivity index (χ3n) is 3.04. The van der Waals surface area contributed by atoms with E-state index in [1.165, 1.54) is 10.4 Å². The highest BCUT2D eigenvalue weighted by Gasteiger charge is 2.12. The number of benzene rings is 1. The number of hydrogen-bond donors (Lipinski definition) is 1. The molecule has 90 valence electrons. The van der Waals surface area contributed by atoms with Crippen LogP contribution in [0.5, 0.6) is 0 Å². The van der Waals surface area contributed by atoms with Gasteiger partial charge in [-0.2, -0.15) is 0 Å². The molecule has 0 amide bonds. The van der Waals surface area contributed by atoms with Crippen molar-refractivity contribution in [2.45, 2.75) is 19.5 Å². The largest absolute Gasteiger partial charge is 0.399 e. The predicted octanol–water partition coefficient (Wildman–Crippen LogP) is 3.52. The van der Waals surface area contributed by atoms with Gasteiger partial charge >= 0.3 is 0 Å². The number of nitrogens with two attached hydrogens (primary N) is 1. The maximum atomic E-state index is 5.82. The fraction of sp³-hybridized carbons (Fsp3) is 0.286. The van der Waals surface area contributed by atoms with Gasteiger partial charge in [0.1, 0.15) is 0 Å². The van der Waals surface area contributed by atoms with Crippen LogP contribution in [0.4, 0.5) is 5.69 Å². The average Bonchev–Trinajstić information content (AvgIpc) is 2.80. The number of hydrogen-bond acceptors (Lipinski definition) is 3. The van der Waals surface area contributed by atoms with Crippen LogP contribution in [-0.4, -0.2) is 11.9 Å². The zero-order valence-electron chi connectivity index (χ0n) is 10.3. The summed E-state index contributed by atoms with van der Waals surface area (Å²) < 4.78 is 0. The van der Waals surface area contributed by atoms with E-state index in [2.05, 4.69) is 48.5 Å². The van der Waals surface area contributed by atoms with Crippen molar-refractivity contribution >= 4 is 17.0 Å². The fourth-order valence-corrected chi connectivity index (χ4v) is 2.63. The predicted molar refractivity (Wildman–Crippen MR) is 75.1 cm³/mol. The Hall–Kier alpha value is -1.32. The van der Waals surface area contributed by atoms with Gasteiger partial charge < -0.3 is 5.73 Å². The van der Waals surface area contributed by atoms with Crippen molar-refractivity contribution < 1.29 is 0 Å². The van der Waals surface area contributed by atoms with E-state index in [9.17, 15) is 0 Å². The third kappa shape index (κ3) is 3.08. The van der Waals surface area contributed by atoms with Crippen molar-refractivity contribution in [3.8, 4) is 0 Å². The first-order valence-corrected chi connectivity index (χ1v) is 6.63. The van der Waals surface area contributed by atoms with Crippen molar-refractivity contribution in [3.05, 3.63) is 52.2 Å². The molecule has 3 heteroatoms. The highest BCUT2D eigenvalue weighted by Crippen LogP contribution is 2.23. The smallest absolute Gasteiger partial charge is 0.0330 e. The highest BCUT2D eigenvalue weighted by molar-refractivity contribution is 7.09. The molecule has 1 aromatic heterocycles. The van der Waals surface area contributed by atoms with Gasteiger partial charge in [-0.3, -0.25) is 4.90 Å². The molecule has 1 unspecified atom stereocenters. The molecule has 2 rings (SSSR count). The van der Waals surface area contributed by atoms with Crippen molar-refractivity contribution in [1.82, 2.24) is 4.90 Å². The second-order valence-corrected chi connectivity index (χ2v) is 5.37. The minimum absolute atomic E-state index is 0.376. The summed E-state index contributed by atoms with van der Waals surface area (Å²) in [6.45, 7) is 3.19. The normalized spacial score (nSPS) is 12.9. The van der Waals surface area contributed by atoms with Crippen LogP contribution < -0.4 is 5.73 Å². The topological polar surface area (TPSA) is 29.3 Å². The van der Waals surface area contributed by atoms with E-state index < -0.39 is 0 Å². The molecule has 0 saturated carbocycles. The molecule has 0 bridgehead atoms. The summed E-state index contributed by atoms with van der Waals surface area (Å²) in [5, 5.41) is 2.12. The third-order valence-corrected chi connectivity index (χ3v) is 3.90. The van der Waals surface area contributed by atoms with E-state index >= 15 is 0 Å². The Labute approximate surface area is 107 Å². The van der Waals surface area contributed by atoms with E-state index in [1.54, 1.807) is 11.3 Å². The zero-order valence-corrected chi connectivity index (χ0v) is 11.1. The summed E-state index contributed by atoms with van der Waals surface area (Å²) in [7, 11) is 2.15. The van der Waals surface area contributed by atoms with Gasteiger partial charge in [0.2, 0.25) is 0 Å². The molecule has 2 aromatic rings. The lowest BCUT2D eigenvalue weighted by atomic mass is 10.1. The Kier molecular flexibility index (Phi) is 3.82. The van der Waals surface area contributed by atoms with Gasteiger partial charge in [0.05, 0.1) is 0 Å². The molecule has 0 aliphatic carbocycles. The lowest BCUT2D eigenvalue weighted by Gasteiger charge is -2.24. The van der Waals surface area contributed by atoms with Crippen molar-refractivity contribution in [2.24, 2.45) is 0 Å². The minimum Gasteiger partial charge on any atom is -0.399 e. The van der Waals surface area contributed by atoms with Crippen LogP contribution in [-0.2, 0) is 6.54 Å². The van der Waals surface area contributed by atoms with Gasteiger partial charge in [0, 0.05) is 23.2 Å². The van der Waals surface area contributed by atoms with Crippen molar-refractivity contribution in [1.29, 1.82) is 0 Å². The molecule has 2 N–H and O–H groups in total. The Morgan fingerprint density at radius 3 is 2.76 bits per heavy atom. The van der Waals surface area contributed by atoms with Gasteiger partial charge in [0.25, 0.3) is 0 Å². The summed E-state index contributed by atoms with van der Waals surface area (Å²) in [6.07, 6.45) is 0. The Morgan fingerprint density at radius 2 is 2.12 bits per heavy atom. The van der Waals surface area contributed by atoms with E-state index in [1.807, 2.05) is 12.1 Å². The van der Waals surface area contributed by atoms with E-state index in [0.717, 1.165) is 12.2 Å². The Balaban J connectivity index is 2.06. The maximum Gasteiger partial charge on any atom is 0.0330 e. The van der Waals surface area contributed by atoms with E-state index in [-0.39, 0.29) is 0 Å². The number of anilines is 1. The molecule has 0 saturated heterocycles. The number of thiophene rings is 1.